The second-order valence-electron chi connectivity index (χ2n) is 28.7. The third kappa shape index (κ3) is 11.4. The highest BCUT2D eigenvalue weighted by molar-refractivity contribution is 5.79. The molecular weight excluding hydrogens is 1160 g/mol. The largest absolute Gasteiger partial charge is 0.432 e. The number of rotatable bonds is 14. The standard InChI is InChI=1S/C59H96O28/c1-23-33(64)37(68)42(73)50(80-23)85-46-28(19-61)82-48(45(76)40(46)71)78-20-29-35(66)39(70)44(75)52(84-29)87-53(77)59-14-12-54(2,3)16-25(59)24-8-9-32-55(4)17-26(63)47(56(5,22-62)31(55)10-11-58(32,7)57(24,6)13-15-59)86-49-41(72)36(67)30(21-79-49)83-51-43(74)38(69)34(65)27(18-60)81-51/h8,23,25-52,60-76H,9-22H2,1-7H3. The van der Waals surface area contributed by atoms with Gasteiger partial charge in [-0.2, -0.15) is 0 Å². The molecule has 5 heterocycles. The molecule has 10 aliphatic rings. The number of aliphatic hydroxyl groups is 17. The monoisotopic (exact) mass is 1250 g/mol. The van der Waals surface area contributed by atoms with Crippen molar-refractivity contribution < 1.29 is 139 Å². The van der Waals surface area contributed by atoms with E-state index < -0.39 is 226 Å². The van der Waals surface area contributed by atoms with E-state index in [0.29, 0.717) is 51.4 Å². The van der Waals surface area contributed by atoms with Gasteiger partial charge in [-0.3, -0.25) is 4.79 Å². The van der Waals surface area contributed by atoms with E-state index in [1.165, 1.54) is 6.92 Å². The molecule has 5 aliphatic carbocycles. The van der Waals surface area contributed by atoms with E-state index in [1.54, 1.807) is 0 Å². The fourth-order valence-corrected chi connectivity index (χ4v) is 17.7. The summed E-state index contributed by atoms with van der Waals surface area (Å²) in [5.41, 5.74) is -2.85. The van der Waals surface area contributed by atoms with Crippen molar-refractivity contribution >= 4 is 5.97 Å². The van der Waals surface area contributed by atoms with Gasteiger partial charge >= 0.3 is 5.97 Å². The lowest BCUT2D eigenvalue weighted by Crippen LogP contribution is -2.69. The Morgan fingerprint density at radius 2 is 1.14 bits per heavy atom. The van der Waals surface area contributed by atoms with Gasteiger partial charge in [-0.25, -0.2) is 0 Å². The molecule has 5 aliphatic heterocycles. The molecule has 34 unspecified atom stereocenters. The van der Waals surface area contributed by atoms with Crippen molar-refractivity contribution in [1.29, 1.82) is 0 Å². The third-order valence-corrected chi connectivity index (χ3v) is 23.2. The number of carbonyl (C=O) groups excluding carboxylic acids is 1. The maximum atomic E-state index is 15.2. The van der Waals surface area contributed by atoms with Crippen LogP contribution in [-0.4, -0.2) is 285 Å². The highest BCUT2D eigenvalue weighted by Gasteiger charge is 2.72. The number of allylic oxidation sites excluding steroid dienone is 2. The molecule has 5 saturated heterocycles. The highest BCUT2D eigenvalue weighted by atomic mass is 16.8. The smallest absolute Gasteiger partial charge is 0.315 e. The Hall–Kier alpha value is -1.83. The molecule has 10 rings (SSSR count). The molecule has 9 fully saturated rings. The van der Waals surface area contributed by atoms with Gasteiger partial charge in [0.25, 0.3) is 0 Å². The SMILES string of the molecule is CC1OC(OC2C(CO)OC(OCC3OC(OC(=O)C45CCC(C)(C)CC4C4=CCC6C7(C)CC(O)C(OC8OCC(OC9OC(CO)C(O)C(O)C9O)C(O)C8O)C(C)(CO)C7CCC6(C)C4(C)CC5)C(O)C(O)C3O)C(O)C2O)C(O)C(O)C1O. The van der Waals surface area contributed by atoms with Crippen LogP contribution in [0.1, 0.15) is 106 Å². The zero-order valence-electron chi connectivity index (χ0n) is 50.3. The van der Waals surface area contributed by atoms with Crippen LogP contribution in [-0.2, 0) is 52.2 Å². The minimum Gasteiger partial charge on any atom is -0.432 e. The molecule has 0 aromatic carbocycles. The van der Waals surface area contributed by atoms with Crippen molar-refractivity contribution in [2.45, 2.75) is 266 Å². The maximum Gasteiger partial charge on any atom is 0.315 e. The maximum absolute atomic E-state index is 15.2. The van der Waals surface area contributed by atoms with Gasteiger partial charge in [-0.05, 0) is 104 Å². The number of hydrogen-bond donors (Lipinski definition) is 17. The van der Waals surface area contributed by atoms with Crippen LogP contribution in [0.2, 0.25) is 0 Å². The number of ether oxygens (including phenoxy) is 10. The molecule has 0 spiro atoms. The van der Waals surface area contributed by atoms with Crippen LogP contribution in [0, 0.1) is 50.2 Å². The Kier molecular flexibility index (Phi) is 19.7. The summed E-state index contributed by atoms with van der Waals surface area (Å²) in [5.74, 6) is -1.30. The summed E-state index contributed by atoms with van der Waals surface area (Å²) in [6.07, 6.45) is -34.7. The molecule has 87 heavy (non-hydrogen) atoms. The Morgan fingerprint density at radius 1 is 0.563 bits per heavy atom. The van der Waals surface area contributed by atoms with Crippen molar-refractivity contribution in [3.8, 4) is 0 Å². The number of aliphatic hydroxyl groups excluding tert-OH is 17. The van der Waals surface area contributed by atoms with E-state index in [-0.39, 0.29) is 29.6 Å². The minimum atomic E-state index is -1.92. The Balaban J connectivity index is 0.819. The first-order valence-corrected chi connectivity index (χ1v) is 30.9. The first-order valence-electron chi connectivity index (χ1n) is 30.9. The minimum absolute atomic E-state index is 0.0563. The summed E-state index contributed by atoms with van der Waals surface area (Å²) in [4.78, 5) is 15.2. The van der Waals surface area contributed by atoms with Gasteiger partial charge in [0.2, 0.25) is 6.29 Å². The van der Waals surface area contributed by atoms with E-state index in [9.17, 15) is 86.8 Å². The quantitative estimate of drug-likeness (QED) is 0.0442. The van der Waals surface area contributed by atoms with Crippen LogP contribution in [0.15, 0.2) is 11.6 Å². The second-order valence-corrected chi connectivity index (χ2v) is 28.7. The molecule has 17 N–H and O–H groups in total. The van der Waals surface area contributed by atoms with Crippen molar-refractivity contribution in [2.24, 2.45) is 50.2 Å². The molecular formula is C59H96O28. The van der Waals surface area contributed by atoms with E-state index >= 15 is 4.79 Å². The Bertz CT molecular complexity index is 2420. The average molecular weight is 1250 g/mol. The normalized spacial score (nSPS) is 55.1. The fraction of sp³-hybridized carbons (Fsp3) is 0.949. The average Bonchev–Trinajstić information content (AvgIpc) is 0.678. The predicted molar refractivity (Wildman–Crippen MR) is 291 cm³/mol. The number of esters is 1. The first-order chi connectivity index (χ1) is 40.8. The van der Waals surface area contributed by atoms with Crippen LogP contribution in [0.3, 0.4) is 0 Å². The Labute approximate surface area is 504 Å². The van der Waals surface area contributed by atoms with Crippen molar-refractivity contribution in [2.75, 3.05) is 33.0 Å². The van der Waals surface area contributed by atoms with Gasteiger partial charge in [0.15, 0.2) is 25.2 Å². The molecule has 28 nitrogen and oxygen atoms in total. The van der Waals surface area contributed by atoms with Crippen LogP contribution in [0.4, 0.5) is 0 Å². The number of fused-ring (bicyclic) bond motifs is 7. The summed E-state index contributed by atoms with van der Waals surface area (Å²) >= 11 is 0. The fourth-order valence-electron chi connectivity index (χ4n) is 17.7. The zero-order valence-corrected chi connectivity index (χ0v) is 50.3. The summed E-state index contributed by atoms with van der Waals surface area (Å²) in [7, 11) is 0. The van der Waals surface area contributed by atoms with Gasteiger partial charge in [0.05, 0.1) is 56.8 Å². The van der Waals surface area contributed by atoms with Crippen LogP contribution < -0.4 is 0 Å². The molecule has 4 saturated carbocycles. The molecule has 0 radical (unpaired) electrons. The summed E-state index contributed by atoms with van der Waals surface area (Å²) in [6.45, 7) is 11.3. The molecule has 500 valence electrons. The molecule has 34 atom stereocenters. The number of hydrogen-bond acceptors (Lipinski definition) is 28. The van der Waals surface area contributed by atoms with Crippen LogP contribution >= 0.6 is 0 Å². The molecule has 28 heteroatoms. The van der Waals surface area contributed by atoms with Gasteiger partial charge in [0, 0.05) is 5.41 Å². The van der Waals surface area contributed by atoms with Crippen molar-refractivity contribution in [1.82, 2.24) is 0 Å². The number of carbonyl (C=O) groups is 1. The van der Waals surface area contributed by atoms with Gasteiger partial charge in [-0.15, -0.1) is 0 Å². The van der Waals surface area contributed by atoms with Gasteiger partial charge < -0.3 is 134 Å². The topological polar surface area (TPSA) is 453 Å². The molecule has 0 amide bonds. The predicted octanol–water partition coefficient (Wildman–Crippen LogP) is -4.60. The van der Waals surface area contributed by atoms with E-state index in [1.807, 2.05) is 6.92 Å². The van der Waals surface area contributed by atoms with E-state index in [2.05, 4.69) is 40.7 Å². The lowest BCUT2D eigenvalue weighted by atomic mass is 9.33. The lowest BCUT2D eigenvalue weighted by molar-refractivity contribution is -0.361. The Morgan fingerprint density at radius 3 is 1.79 bits per heavy atom. The van der Waals surface area contributed by atoms with Crippen LogP contribution in [0.5, 0.6) is 0 Å². The van der Waals surface area contributed by atoms with E-state index in [4.69, 9.17) is 47.4 Å². The lowest BCUT2D eigenvalue weighted by Gasteiger charge is -2.71. The molecule has 0 aromatic rings. The van der Waals surface area contributed by atoms with Crippen LogP contribution in [0.25, 0.3) is 0 Å². The molecule has 0 aromatic heterocycles. The van der Waals surface area contributed by atoms with E-state index in [0.717, 1.165) is 5.57 Å². The molecule has 0 bridgehead atoms. The van der Waals surface area contributed by atoms with Gasteiger partial charge in [0.1, 0.15) is 110 Å². The first kappa shape index (κ1) is 68.0. The third-order valence-electron chi connectivity index (χ3n) is 23.2. The summed E-state index contributed by atoms with van der Waals surface area (Å²) in [5, 5.41) is 185. The van der Waals surface area contributed by atoms with Crippen molar-refractivity contribution in [3.63, 3.8) is 0 Å². The second kappa shape index (κ2) is 25.1. The highest BCUT2D eigenvalue weighted by Crippen LogP contribution is 2.76. The van der Waals surface area contributed by atoms with Gasteiger partial charge in [-0.1, -0.05) is 53.2 Å². The summed E-state index contributed by atoms with van der Waals surface area (Å²) < 4.78 is 58.4. The summed E-state index contributed by atoms with van der Waals surface area (Å²) in [6, 6.07) is 0. The zero-order chi connectivity index (χ0) is 63.6. The van der Waals surface area contributed by atoms with Crippen molar-refractivity contribution in [3.05, 3.63) is 11.6 Å².